The zero-order valence-corrected chi connectivity index (χ0v) is 11.3. The maximum absolute atomic E-state index is 12.3. The highest BCUT2D eigenvalue weighted by Gasteiger charge is 2.29. The Labute approximate surface area is 108 Å². The molecule has 1 aliphatic carbocycles. The lowest BCUT2D eigenvalue weighted by Gasteiger charge is -2.34. The number of amides is 1. The molecule has 0 aromatic heterocycles. The largest absolute Gasteiger partial charge is 0.393 e. The van der Waals surface area contributed by atoms with Crippen LogP contribution in [0.25, 0.3) is 0 Å². The van der Waals surface area contributed by atoms with Crippen molar-refractivity contribution >= 4 is 5.91 Å². The van der Waals surface area contributed by atoms with E-state index in [-0.39, 0.29) is 12.0 Å². The number of carbonyl (C=O) groups is 1. The average Bonchev–Trinajstić information content (AvgIpc) is 2.24. The van der Waals surface area contributed by atoms with Crippen LogP contribution < -0.4 is 0 Å². The number of benzene rings is 1. The quantitative estimate of drug-likeness (QED) is 0.889. The second kappa shape index (κ2) is 5.11. The van der Waals surface area contributed by atoms with Crippen LogP contribution >= 0.6 is 0 Å². The van der Waals surface area contributed by atoms with Gasteiger partial charge in [0.1, 0.15) is 0 Å². The summed E-state index contributed by atoms with van der Waals surface area (Å²) in [6, 6.07) is 5.93. The van der Waals surface area contributed by atoms with E-state index >= 15 is 0 Å². The highest BCUT2D eigenvalue weighted by molar-refractivity contribution is 5.94. The molecular weight excluding hydrogens is 226 g/mol. The summed E-state index contributed by atoms with van der Waals surface area (Å²) in [6.45, 7) is 4.75. The van der Waals surface area contributed by atoms with E-state index in [0.717, 1.165) is 36.1 Å². The van der Waals surface area contributed by atoms with Crippen molar-refractivity contribution in [2.75, 3.05) is 13.6 Å². The number of hydrogen-bond donors (Lipinski definition) is 1. The molecular formula is C15H21NO2. The highest BCUT2D eigenvalue weighted by atomic mass is 16.3. The van der Waals surface area contributed by atoms with Crippen molar-refractivity contribution in [2.45, 2.75) is 32.8 Å². The first-order valence-corrected chi connectivity index (χ1v) is 6.47. The Morgan fingerprint density at radius 1 is 1.28 bits per heavy atom. The lowest BCUT2D eigenvalue weighted by Crippen LogP contribution is -2.39. The van der Waals surface area contributed by atoms with Gasteiger partial charge in [0.25, 0.3) is 5.91 Å². The van der Waals surface area contributed by atoms with Gasteiger partial charge in [0.05, 0.1) is 6.10 Å². The molecule has 0 atom stereocenters. The third-order valence-electron chi connectivity index (χ3n) is 3.56. The summed E-state index contributed by atoms with van der Waals surface area (Å²) >= 11 is 0. The van der Waals surface area contributed by atoms with Crippen LogP contribution in [0.4, 0.5) is 0 Å². The molecule has 2 rings (SSSR count). The van der Waals surface area contributed by atoms with Crippen LogP contribution in [0.1, 0.15) is 34.3 Å². The average molecular weight is 247 g/mol. The van der Waals surface area contributed by atoms with Crippen LogP contribution in [0.2, 0.25) is 0 Å². The monoisotopic (exact) mass is 247 g/mol. The van der Waals surface area contributed by atoms with Crippen molar-refractivity contribution in [3.8, 4) is 0 Å². The fourth-order valence-electron chi connectivity index (χ4n) is 2.64. The van der Waals surface area contributed by atoms with Crippen LogP contribution in [0.5, 0.6) is 0 Å². The molecule has 18 heavy (non-hydrogen) atoms. The normalized spacial score (nSPS) is 22.4. The predicted octanol–water partition coefficient (Wildman–Crippen LogP) is 2.15. The molecule has 0 radical (unpaired) electrons. The first-order valence-electron chi connectivity index (χ1n) is 6.47. The number of hydrogen-bond acceptors (Lipinski definition) is 2. The lowest BCUT2D eigenvalue weighted by atomic mass is 9.82. The van der Waals surface area contributed by atoms with E-state index in [1.807, 2.05) is 33.0 Å². The van der Waals surface area contributed by atoms with Gasteiger partial charge in [0, 0.05) is 19.2 Å². The number of aryl methyl sites for hydroxylation is 2. The zero-order chi connectivity index (χ0) is 13.3. The Morgan fingerprint density at radius 2 is 1.83 bits per heavy atom. The molecule has 3 nitrogen and oxygen atoms in total. The Kier molecular flexibility index (Phi) is 3.71. The summed E-state index contributed by atoms with van der Waals surface area (Å²) in [5, 5.41) is 9.26. The molecule has 1 aliphatic rings. The minimum Gasteiger partial charge on any atom is -0.393 e. The van der Waals surface area contributed by atoms with Crippen molar-refractivity contribution in [1.82, 2.24) is 4.90 Å². The Balaban J connectivity index is 2.01. The molecule has 3 heteroatoms. The van der Waals surface area contributed by atoms with Crippen LogP contribution in [0, 0.1) is 19.8 Å². The standard InChI is InChI=1S/C15H21NO2/c1-10-4-11(2)6-13(5-10)15(18)16(3)9-12-7-14(17)8-12/h4-6,12,14,17H,7-9H2,1-3H3. The zero-order valence-electron chi connectivity index (χ0n) is 11.3. The van der Waals surface area contributed by atoms with Gasteiger partial charge in [-0.2, -0.15) is 0 Å². The Morgan fingerprint density at radius 3 is 2.33 bits per heavy atom. The number of carbonyl (C=O) groups excluding carboxylic acids is 1. The van der Waals surface area contributed by atoms with Gasteiger partial charge in [0.2, 0.25) is 0 Å². The third kappa shape index (κ3) is 2.91. The molecule has 1 aromatic carbocycles. The van der Waals surface area contributed by atoms with Gasteiger partial charge < -0.3 is 10.0 Å². The van der Waals surface area contributed by atoms with E-state index in [1.165, 1.54) is 0 Å². The number of nitrogens with zero attached hydrogens (tertiary/aromatic N) is 1. The van der Waals surface area contributed by atoms with Crippen molar-refractivity contribution in [2.24, 2.45) is 5.92 Å². The summed E-state index contributed by atoms with van der Waals surface area (Å²) in [6.07, 6.45) is 1.49. The first-order chi connectivity index (χ1) is 8.45. The van der Waals surface area contributed by atoms with E-state index in [1.54, 1.807) is 4.90 Å². The van der Waals surface area contributed by atoms with Gasteiger partial charge in [-0.05, 0) is 44.7 Å². The molecule has 0 saturated heterocycles. The molecule has 1 amide bonds. The summed E-state index contributed by atoms with van der Waals surface area (Å²) in [4.78, 5) is 14.0. The maximum atomic E-state index is 12.3. The summed E-state index contributed by atoms with van der Waals surface area (Å²) in [5.41, 5.74) is 2.99. The topological polar surface area (TPSA) is 40.5 Å². The summed E-state index contributed by atoms with van der Waals surface area (Å²) in [5.74, 6) is 0.531. The van der Waals surface area contributed by atoms with Crippen molar-refractivity contribution in [3.05, 3.63) is 34.9 Å². The van der Waals surface area contributed by atoms with E-state index in [4.69, 9.17) is 0 Å². The molecule has 1 saturated carbocycles. The van der Waals surface area contributed by atoms with E-state index in [9.17, 15) is 9.90 Å². The van der Waals surface area contributed by atoms with Gasteiger partial charge in [-0.25, -0.2) is 0 Å². The molecule has 0 unspecified atom stereocenters. The number of aliphatic hydroxyl groups excluding tert-OH is 1. The smallest absolute Gasteiger partial charge is 0.253 e. The Hall–Kier alpha value is -1.35. The highest BCUT2D eigenvalue weighted by Crippen LogP contribution is 2.28. The van der Waals surface area contributed by atoms with Gasteiger partial charge in [-0.15, -0.1) is 0 Å². The molecule has 0 spiro atoms. The van der Waals surface area contributed by atoms with Gasteiger partial charge in [0.15, 0.2) is 0 Å². The van der Waals surface area contributed by atoms with Gasteiger partial charge >= 0.3 is 0 Å². The fourth-order valence-corrected chi connectivity index (χ4v) is 2.64. The molecule has 0 aliphatic heterocycles. The molecule has 98 valence electrons. The van der Waals surface area contributed by atoms with Crippen LogP contribution in [0.15, 0.2) is 18.2 Å². The lowest BCUT2D eigenvalue weighted by molar-refractivity contribution is 0.0265. The summed E-state index contributed by atoms with van der Waals surface area (Å²) < 4.78 is 0. The minimum absolute atomic E-state index is 0.0724. The van der Waals surface area contributed by atoms with Gasteiger partial charge in [-0.1, -0.05) is 17.2 Å². The van der Waals surface area contributed by atoms with Crippen molar-refractivity contribution < 1.29 is 9.90 Å². The van der Waals surface area contributed by atoms with Crippen molar-refractivity contribution in [1.29, 1.82) is 0 Å². The Bertz CT molecular complexity index is 430. The SMILES string of the molecule is Cc1cc(C)cc(C(=O)N(C)CC2CC(O)C2)c1. The number of aliphatic hydroxyl groups is 1. The third-order valence-corrected chi connectivity index (χ3v) is 3.56. The molecule has 0 bridgehead atoms. The molecule has 1 N–H and O–H groups in total. The van der Waals surface area contributed by atoms with Crippen LogP contribution in [0.3, 0.4) is 0 Å². The first kappa shape index (κ1) is 13.1. The molecule has 1 aromatic rings. The van der Waals surface area contributed by atoms with Crippen molar-refractivity contribution in [3.63, 3.8) is 0 Å². The predicted molar refractivity (Wildman–Crippen MR) is 71.6 cm³/mol. The van der Waals surface area contributed by atoms with Crippen LogP contribution in [-0.4, -0.2) is 35.6 Å². The van der Waals surface area contributed by atoms with E-state index < -0.39 is 0 Å². The van der Waals surface area contributed by atoms with E-state index in [0.29, 0.717) is 5.92 Å². The number of rotatable bonds is 3. The second-order valence-electron chi connectivity index (χ2n) is 5.55. The van der Waals surface area contributed by atoms with Crippen LogP contribution in [-0.2, 0) is 0 Å². The fraction of sp³-hybridized carbons (Fsp3) is 0.533. The summed E-state index contributed by atoms with van der Waals surface area (Å²) in [7, 11) is 1.84. The maximum Gasteiger partial charge on any atom is 0.253 e. The molecule has 0 heterocycles. The van der Waals surface area contributed by atoms with E-state index in [2.05, 4.69) is 6.07 Å². The minimum atomic E-state index is -0.153. The van der Waals surface area contributed by atoms with Gasteiger partial charge in [-0.3, -0.25) is 4.79 Å². The second-order valence-corrected chi connectivity index (χ2v) is 5.55. The molecule has 1 fully saturated rings.